The summed E-state index contributed by atoms with van der Waals surface area (Å²) in [6.07, 6.45) is 6.59. The van der Waals surface area contributed by atoms with Crippen LogP contribution in [0.4, 0.5) is 5.82 Å². The lowest BCUT2D eigenvalue weighted by Gasteiger charge is -2.36. The van der Waals surface area contributed by atoms with E-state index in [-0.39, 0.29) is 24.3 Å². The molecular weight excluding hydrogens is 382 g/mol. The average molecular weight is 412 g/mol. The van der Waals surface area contributed by atoms with Gasteiger partial charge in [0.2, 0.25) is 11.8 Å². The second-order valence-corrected chi connectivity index (χ2v) is 7.33. The molecule has 0 aliphatic carbocycles. The van der Waals surface area contributed by atoms with E-state index in [1.165, 1.54) is 6.08 Å². The Labute approximate surface area is 176 Å². The third kappa shape index (κ3) is 7.04. The lowest BCUT2D eigenvalue weighted by atomic mass is 10.2. The highest BCUT2D eigenvalue weighted by Gasteiger charge is 2.19. The molecule has 1 aliphatic rings. The van der Waals surface area contributed by atoms with E-state index in [0.29, 0.717) is 12.3 Å². The van der Waals surface area contributed by atoms with Crippen molar-refractivity contribution in [3.63, 3.8) is 0 Å². The van der Waals surface area contributed by atoms with Crippen molar-refractivity contribution in [3.05, 3.63) is 54.6 Å². The summed E-state index contributed by atoms with van der Waals surface area (Å²) >= 11 is 0. The van der Waals surface area contributed by atoms with Gasteiger partial charge in [-0.15, -0.1) is 0 Å². The first-order chi connectivity index (χ1) is 14.6. The van der Waals surface area contributed by atoms with Crippen LogP contribution < -0.4 is 15.5 Å². The van der Waals surface area contributed by atoms with Gasteiger partial charge in [0.25, 0.3) is 0 Å². The summed E-state index contributed by atoms with van der Waals surface area (Å²) in [6, 6.07) is 9.52. The van der Waals surface area contributed by atoms with Gasteiger partial charge in [0, 0.05) is 64.0 Å². The Morgan fingerprint density at radius 1 is 1.20 bits per heavy atom. The van der Waals surface area contributed by atoms with Gasteiger partial charge >= 0.3 is 0 Å². The van der Waals surface area contributed by atoms with Crippen molar-refractivity contribution in [1.29, 1.82) is 0 Å². The molecule has 0 aromatic carbocycles. The summed E-state index contributed by atoms with van der Waals surface area (Å²) in [4.78, 5) is 32.9. The normalized spacial score (nSPS) is 15.8. The number of nitrogens with zero attached hydrogens (tertiary/aromatic N) is 3. The monoisotopic (exact) mass is 411 g/mol. The third-order valence-electron chi connectivity index (χ3n) is 4.88. The van der Waals surface area contributed by atoms with E-state index in [2.05, 4.69) is 25.4 Å². The number of amides is 2. The van der Waals surface area contributed by atoms with Crippen LogP contribution in [-0.4, -0.2) is 67.0 Å². The molecule has 30 heavy (non-hydrogen) atoms. The Bertz CT molecular complexity index is 815. The molecule has 3 heterocycles. The van der Waals surface area contributed by atoms with E-state index in [0.717, 1.165) is 38.5 Å². The van der Waals surface area contributed by atoms with Gasteiger partial charge in [-0.05, 0) is 37.3 Å². The van der Waals surface area contributed by atoms with Crippen LogP contribution in [-0.2, 0) is 9.59 Å². The Morgan fingerprint density at radius 2 is 2.03 bits per heavy atom. The molecule has 2 aromatic rings. The molecule has 8 nitrogen and oxygen atoms in total. The number of hydrogen-bond donors (Lipinski definition) is 2. The predicted octanol–water partition coefficient (Wildman–Crippen LogP) is 1.52. The molecule has 0 saturated carbocycles. The second kappa shape index (κ2) is 11.2. The highest BCUT2D eigenvalue weighted by Crippen LogP contribution is 2.12. The largest absolute Gasteiger partial charge is 0.465 e. The average Bonchev–Trinajstić information content (AvgIpc) is 3.27. The van der Waals surface area contributed by atoms with Gasteiger partial charge in [0.05, 0.1) is 6.26 Å². The molecule has 8 heteroatoms. The number of rotatable bonds is 9. The van der Waals surface area contributed by atoms with Crippen LogP contribution >= 0.6 is 0 Å². The van der Waals surface area contributed by atoms with Crippen LogP contribution in [0.5, 0.6) is 0 Å². The zero-order valence-corrected chi connectivity index (χ0v) is 17.3. The molecule has 1 atom stereocenters. The second-order valence-electron chi connectivity index (χ2n) is 7.33. The summed E-state index contributed by atoms with van der Waals surface area (Å²) in [7, 11) is 0. The van der Waals surface area contributed by atoms with Gasteiger partial charge in [0.15, 0.2) is 0 Å². The Balaban J connectivity index is 1.29. The highest BCUT2D eigenvalue weighted by molar-refractivity contribution is 5.91. The zero-order valence-electron chi connectivity index (χ0n) is 17.3. The maximum absolute atomic E-state index is 12.1. The van der Waals surface area contributed by atoms with Crippen LogP contribution in [0.3, 0.4) is 0 Å². The number of hydrogen-bond acceptors (Lipinski definition) is 6. The van der Waals surface area contributed by atoms with E-state index in [4.69, 9.17) is 4.42 Å². The Kier molecular flexibility index (Phi) is 8.02. The summed E-state index contributed by atoms with van der Waals surface area (Å²) in [5.41, 5.74) is 0. The molecule has 0 spiro atoms. The summed E-state index contributed by atoms with van der Waals surface area (Å²) in [6.45, 7) is 6.84. The van der Waals surface area contributed by atoms with Gasteiger partial charge in [-0.3, -0.25) is 14.5 Å². The molecule has 0 bridgehead atoms. The van der Waals surface area contributed by atoms with Crippen molar-refractivity contribution in [2.75, 3.05) is 44.2 Å². The minimum absolute atomic E-state index is 0.0495. The molecule has 2 amide bonds. The van der Waals surface area contributed by atoms with E-state index in [9.17, 15) is 9.59 Å². The maximum atomic E-state index is 12.1. The van der Waals surface area contributed by atoms with Gasteiger partial charge in [0.1, 0.15) is 11.6 Å². The van der Waals surface area contributed by atoms with Crippen molar-refractivity contribution in [2.45, 2.75) is 19.4 Å². The molecule has 1 aliphatic heterocycles. The first-order valence-electron chi connectivity index (χ1n) is 10.3. The van der Waals surface area contributed by atoms with E-state index >= 15 is 0 Å². The van der Waals surface area contributed by atoms with Gasteiger partial charge < -0.3 is 20.0 Å². The van der Waals surface area contributed by atoms with Crippen LogP contribution in [0.1, 0.15) is 19.1 Å². The van der Waals surface area contributed by atoms with E-state index < -0.39 is 0 Å². The van der Waals surface area contributed by atoms with Crippen molar-refractivity contribution < 1.29 is 14.0 Å². The molecule has 0 radical (unpaired) electrons. The fourth-order valence-corrected chi connectivity index (χ4v) is 3.38. The molecule has 160 valence electrons. The molecule has 3 rings (SSSR count). The van der Waals surface area contributed by atoms with Crippen molar-refractivity contribution >= 4 is 23.7 Å². The minimum Gasteiger partial charge on any atom is -0.465 e. The van der Waals surface area contributed by atoms with E-state index in [1.54, 1.807) is 24.5 Å². The molecule has 2 aromatic heterocycles. The molecule has 1 fully saturated rings. The van der Waals surface area contributed by atoms with Crippen molar-refractivity contribution in [3.8, 4) is 0 Å². The van der Waals surface area contributed by atoms with E-state index in [1.807, 2.05) is 31.3 Å². The fraction of sp³-hybridized carbons (Fsp3) is 0.409. The summed E-state index contributed by atoms with van der Waals surface area (Å²) in [5, 5.41) is 5.71. The number of furan rings is 1. The Hall–Kier alpha value is -3.13. The number of carbonyl (C=O) groups excluding carboxylic acids is 2. The highest BCUT2D eigenvalue weighted by atomic mass is 16.3. The Morgan fingerprint density at radius 3 is 2.73 bits per heavy atom. The summed E-state index contributed by atoms with van der Waals surface area (Å²) in [5.74, 6) is 1.31. The molecule has 1 unspecified atom stereocenters. The quantitative estimate of drug-likeness (QED) is 0.608. The van der Waals surface area contributed by atoms with Gasteiger partial charge in [-0.1, -0.05) is 6.07 Å². The number of piperazine rings is 1. The maximum Gasteiger partial charge on any atom is 0.244 e. The number of nitrogens with one attached hydrogen (secondary N) is 2. The smallest absolute Gasteiger partial charge is 0.244 e. The predicted molar refractivity (Wildman–Crippen MR) is 116 cm³/mol. The molecule has 2 N–H and O–H groups in total. The minimum atomic E-state index is -0.252. The van der Waals surface area contributed by atoms with Crippen molar-refractivity contribution in [2.24, 2.45) is 0 Å². The fourth-order valence-electron chi connectivity index (χ4n) is 3.38. The molecule has 1 saturated heterocycles. The molecular formula is C22H29N5O3. The lowest BCUT2D eigenvalue weighted by Crippen LogP contribution is -2.51. The number of pyridine rings is 1. The van der Waals surface area contributed by atoms with Crippen LogP contribution in [0, 0.1) is 0 Å². The first kappa shape index (κ1) is 21.6. The number of anilines is 1. The van der Waals surface area contributed by atoms with Crippen LogP contribution in [0.15, 0.2) is 53.3 Å². The standard InChI is InChI=1S/C22H29N5O3/c1-18(17-26-12-14-27(15-13-26)20-6-2-3-10-23-20)25-22(29)9-11-24-21(28)8-7-19-5-4-16-30-19/h2-8,10,16,18H,9,11-15,17H2,1H3,(H,24,28)(H,25,29)/b8-7+. The topological polar surface area (TPSA) is 90.7 Å². The van der Waals surface area contributed by atoms with Gasteiger partial charge in [-0.2, -0.15) is 0 Å². The van der Waals surface area contributed by atoms with Crippen LogP contribution in [0.25, 0.3) is 6.08 Å². The van der Waals surface area contributed by atoms with Crippen molar-refractivity contribution in [1.82, 2.24) is 20.5 Å². The van der Waals surface area contributed by atoms with Crippen LogP contribution in [0.2, 0.25) is 0 Å². The number of carbonyl (C=O) groups is 2. The third-order valence-corrected chi connectivity index (χ3v) is 4.88. The number of aromatic nitrogens is 1. The zero-order chi connectivity index (χ0) is 21.2. The first-order valence-corrected chi connectivity index (χ1v) is 10.3. The summed E-state index contributed by atoms with van der Waals surface area (Å²) < 4.78 is 5.12. The van der Waals surface area contributed by atoms with Gasteiger partial charge in [-0.25, -0.2) is 4.98 Å². The lowest BCUT2D eigenvalue weighted by molar-refractivity contribution is -0.121. The SMILES string of the molecule is CC(CN1CCN(c2ccccn2)CC1)NC(=O)CCNC(=O)/C=C/c1ccco1.